The van der Waals surface area contributed by atoms with Gasteiger partial charge in [0.05, 0.1) is 12.3 Å². The van der Waals surface area contributed by atoms with Gasteiger partial charge in [-0.15, -0.1) is 0 Å². The van der Waals surface area contributed by atoms with E-state index in [0.717, 1.165) is 35.9 Å². The number of hydrogen-bond acceptors (Lipinski definition) is 5. The van der Waals surface area contributed by atoms with E-state index in [2.05, 4.69) is 20.1 Å². The Kier molecular flexibility index (Phi) is 5.23. The van der Waals surface area contributed by atoms with Gasteiger partial charge in [-0.1, -0.05) is 6.07 Å². The van der Waals surface area contributed by atoms with Crippen molar-refractivity contribution in [2.24, 2.45) is 0 Å². The molecule has 0 radical (unpaired) electrons. The number of aromatic amines is 1. The number of carbonyl (C=O) groups excluding carboxylic acids is 1. The molecular weight excluding hydrogens is 354 g/mol. The molecule has 1 aliphatic heterocycles. The molecule has 0 aliphatic carbocycles. The van der Waals surface area contributed by atoms with Crippen molar-refractivity contribution in [3.8, 4) is 17.0 Å². The molecule has 1 amide bonds. The molecular formula is C21H23N5O2. The number of amides is 1. The van der Waals surface area contributed by atoms with Gasteiger partial charge in [0.2, 0.25) is 0 Å². The van der Waals surface area contributed by atoms with E-state index in [0.29, 0.717) is 25.4 Å². The number of piperazine rings is 1. The fourth-order valence-electron chi connectivity index (χ4n) is 3.32. The van der Waals surface area contributed by atoms with E-state index in [1.54, 1.807) is 6.20 Å². The number of benzene rings is 1. The Labute approximate surface area is 164 Å². The zero-order chi connectivity index (χ0) is 19.3. The highest BCUT2D eigenvalue weighted by Crippen LogP contribution is 2.22. The van der Waals surface area contributed by atoms with Crippen LogP contribution >= 0.6 is 0 Å². The van der Waals surface area contributed by atoms with Crippen molar-refractivity contribution in [1.82, 2.24) is 20.1 Å². The molecule has 3 aromatic rings. The van der Waals surface area contributed by atoms with Crippen molar-refractivity contribution >= 4 is 11.7 Å². The lowest BCUT2D eigenvalue weighted by molar-refractivity contribution is 0.0740. The molecule has 144 valence electrons. The van der Waals surface area contributed by atoms with Crippen molar-refractivity contribution in [3.05, 3.63) is 60.4 Å². The van der Waals surface area contributed by atoms with Crippen LogP contribution in [0.1, 0.15) is 17.4 Å². The van der Waals surface area contributed by atoms with Crippen LogP contribution in [-0.2, 0) is 0 Å². The Morgan fingerprint density at radius 2 is 1.89 bits per heavy atom. The maximum Gasteiger partial charge on any atom is 0.272 e. The first-order valence-electron chi connectivity index (χ1n) is 9.48. The number of nitrogens with zero attached hydrogens (tertiary/aromatic N) is 4. The molecule has 2 aromatic heterocycles. The minimum absolute atomic E-state index is 0.0228. The van der Waals surface area contributed by atoms with Gasteiger partial charge < -0.3 is 14.5 Å². The molecule has 7 heteroatoms. The minimum Gasteiger partial charge on any atom is -0.494 e. The predicted octanol–water partition coefficient (Wildman–Crippen LogP) is 2.83. The largest absolute Gasteiger partial charge is 0.494 e. The summed E-state index contributed by atoms with van der Waals surface area (Å²) in [6, 6.07) is 15.4. The SMILES string of the molecule is CCOc1ccc(-c2cc(C(=O)N3CCN(c4ccccn4)CC3)[nH]n2)cc1. The lowest BCUT2D eigenvalue weighted by Gasteiger charge is -2.35. The molecule has 3 heterocycles. The Bertz CT molecular complexity index is 915. The topological polar surface area (TPSA) is 74.3 Å². The van der Waals surface area contributed by atoms with Gasteiger partial charge in [-0.2, -0.15) is 5.10 Å². The summed E-state index contributed by atoms with van der Waals surface area (Å²) in [5, 5.41) is 7.19. The third-order valence-electron chi connectivity index (χ3n) is 4.81. The van der Waals surface area contributed by atoms with Gasteiger partial charge in [0.15, 0.2) is 0 Å². The molecule has 0 unspecified atom stereocenters. The van der Waals surface area contributed by atoms with E-state index < -0.39 is 0 Å². The summed E-state index contributed by atoms with van der Waals surface area (Å²) in [6.07, 6.45) is 1.79. The monoisotopic (exact) mass is 377 g/mol. The molecule has 28 heavy (non-hydrogen) atoms. The maximum atomic E-state index is 12.8. The standard InChI is InChI=1S/C21H23N5O2/c1-2-28-17-8-6-16(7-9-17)18-15-19(24-23-18)21(27)26-13-11-25(12-14-26)20-5-3-4-10-22-20/h3-10,15H,2,11-14H2,1H3,(H,23,24). The number of carbonyl (C=O) groups is 1. The predicted molar refractivity (Wildman–Crippen MR) is 108 cm³/mol. The molecule has 1 fully saturated rings. The molecule has 0 atom stereocenters. The zero-order valence-corrected chi connectivity index (χ0v) is 15.8. The first-order valence-corrected chi connectivity index (χ1v) is 9.48. The highest BCUT2D eigenvalue weighted by atomic mass is 16.5. The van der Waals surface area contributed by atoms with Crippen LogP contribution in [0.25, 0.3) is 11.3 Å². The average Bonchev–Trinajstić information content (AvgIpc) is 3.25. The van der Waals surface area contributed by atoms with Gasteiger partial charge in [-0.05, 0) is 49.4 Å². The normalized spacial score (nSPS) is 14.2. The average molecular weight is 377 g/mol. The molecule has 7 nitrogen and oxygen atoms in total. The number of aromatic nitrogens is 3. The minimum atomic E-state index is -0.0228. The summed E-state index contributed by atoms with van der Waals surface area (Å²) in [4.78, 5) is 21.3. The van der Waals surface area contributed by atoms with Crippen molar-refractivity contribution in [3.63, 3.8) is 0 Å². The van der Waals surface area contributed by atoms with Gasteiger partial charge in [-0.3, -0.25) is 9.89 Å². The summed E-state index contributed by atoms with van der Waals surface area (Å²) >= 11 is 0. The summed E-state index contributed by atoms with van der Waals surface area (Å²) in [5.74, 6) is 1.75. The van der Waals surface area contributed by atoms with E-state index in [9.17, 15) is 4.79 Å². The Morgan fingerprint density at radius 3 is 2.57 bits per heavy atom. The molecule has 0 bridgehead atoms. The van der Waals surface area contributed by atoms with E-state index in [-0.39, 0.29) is 5.91 Å². The summed E-state index contributed by atoms with van der Waals surface area (Å²) < 4.78 is 5.46. The van der Waals surface area contributed by atoms with Crippen LogP contribution < -0.4 is 9.64 Å². The number of anilines is 1. The van der Waals surface area contributed by atoms with Gasteiger partial charge in [0.1, 0.15) is 17.3 Å². The maximum absolute atomic E-state index is 12.8. The third kappa shape index (κ3) is 3.83. The van der Waals surface area contributed by atoms with Crippen LogP contribution in [0.4, 0.5) is 5.82 Å². The molecule has 1 aliphatic rings. The van der Waals surface area contributed by atoms with Crippen LogP contribution in [0.3, 0.4) is 0 Å². The number of nitrogens with one attached hydrogen (secondary N) is 1. The molecule has 0 saturated carbocycles. The van der Waals surface area contributed by atoms with Gasteiger partial charge in [0.25, 0.3) is 5.91 Å². The number of ether oxygens (including phenoxy) is 1. The van der Waals surface area contributed by atoms with Crippen LogP contribution in [0.2, 0.25) is 0 Å². The molecule has 1 aromatic carbocycles. The first-order chi connectivity index (χ1) is 13.7. The molecule has 4 rings (SSSR count). The van der Waals surface area contributed by atoms with Crippen molar-refractivity contribution in [1.29, 1.82) is 0 Å². The number of H-pyrrole nitrogens is 1. The highest BCUT2D eigenvalue weighted by molar-refractivity contribution is 5.93. The lowest BCUT2D eigenvalue weighted by atomic mass is 10.1. The summed E-state index contributed by atoms with van der Waals surface area (Å²) in [7, 11) is 0. The van der Waals surface area contributed by atoms with Crippen LogP contribution in [0.15, 0.2) is 54.7 Å². The van der Waals surface area contributed by atoms with Crippen LogP contribution in [0, 0.1) is 0 Å². The van der Waals surface area contributed by atoms with Crippen molar-refractivity contribution in [2.45, 2.75) is 6.92 Å². The second-order valence-electron chi connectivity index (χ2n) is 6.59. The lowest BCUT2D eigenvalue weighted by Crippen LogP contribution is -2.49. The molecule has 1 N–H and O–H groups in total. The molecule has 0 spiro atoms. The van der Waals surface area contributed by atoms with Crippen molar-refractivity contribution in [2.75, 3.05) is 37.7 Å². The number of pyridine rings is 1. The van der Waals surface area contributed by atoms with E-state index >= 15 is 0 Å². The Balaban J connectivity index is 1.39. The van der Waals surface area contributed by atoms with Gasteiger partial charge in [0, 0.05) is 37.9 Å². The second-order valence-corrected chi connectivity index (χ2v) is 6.59. The quantitative estimate of drug-likeness (QED) is 0.740. The van der Waals surface area contributed by atoms with Gasteiger partial charge in [-0.25, -0.2) is 4.98 Å². The Morgan fingerprint density at radius 1 is 1.11 bits per heavy atom. The third-order valence-corrected chi connectivity index (χ3v) is 4.81. The smallest absolute Gasteiger partial charge is 0.272 e. The highest BCUT2D eigenvalue weighted by Gasteiger charge is 2.24. The van der Waals surface area contributed by atoms with Crippen molar-refractivity contribution < 1.29 is 9.53 Å². The van der Waals surface area contributed by atoms with E-state index in [4.69, 9.17) is 4.74 Å². The summed E-state index contributed by atoms with van der Waals surface area (Å²) in [5.41, 5.74) is 2.20. The first kappa shape index (κ1) is 18.0. The number of hydrogen-bond donors (Lipinski definition) is 1. The number of rotatable bonds is 5. The fraction of sp³-hybridized carbons (Fsp3) is 0.286. The second kappa shape index (κ2) is 8.12. The van der Waals surface area contributed by atoms with E-state index in [1.807, 2.05) is 60.4 Å². The Hall–Kier alpha value is -3.35. The zero-order valence-electron chi connectivity index (χ0n) is 15.8. The fourth-order valence-corrected chi connectivity index (χ4v) is 3.32. The van der Waals surface area contributed by atoms with E-state index in [1.165, 1.54) is 0 Å². The summed E-state index contributed by atoms with van der Waals surface area (Å²) in [6.45, 7) is 5.44. The van der Waals surface area contributed by atoms with Gasteiger partial charge >= 0.3 is 0 Å². The molecule has 1 saturated heterocycles. The van der Waals surface area contributed by atoms with Crippen LogP contribution in [0.5, 0.6) is 5.75 Å². The van der Waals surface area contributed by atoms with Crippen LogP contribution in [-0.4, -0.2) is 58.8 Å².